The van der Waals surface area contributed by atoms with Crippen LogP contribution in [-0.2, 0) is 25.6 Å². The largest absolute Gasteiger partial charge is 0.450 e. The number of furan rings is 1. The molecule has 1 aromatic heterocycles. The minimum atomic E-state index is -0.709. The number of carbonyl (C=O) groups excluding carboxylic acids is 3. The molecule has 30 heavy (non-hydrogen) atoms. The van der Waals surface area contributed by atoms with Gasteiger partial charge in [-0.15, -0.1) is 0 Å². The van der Waals surface area contributed by atoms with Crippen LogP contribution in [0.25, 0.3) is 11.0 Å². The molecule has 1 aliphatic heterocycles. The highest BCUT2D eigenvalue weighted by molar-refractivity contribution is 5.96. The Balaban J connectivity index is 1.58. The number of piperazine rings is 1. The first-order valence-corrected chi connectivity index (χ1v) is 9.99. The van der Waals surface area contributed by atoms with Crippen molar-refractivity contribution >= 4 is 28.9 Å². The van der Waals surface area contributed by atoms with E-state index in [9.17, 15) is 14.4 Å². The second-order valence-electron chi connectivity index (χ2n) is 6.69. The number of fused-ring (bicyclic) bond motifs is 1. The number of para-hydroxylation sites is 1. The lowest BCUT2D eigenvalue weighted by Crippen LogP contribution is -2.51. The molecule has 3 rings (SSSR count). The van der Waals surface area contributed by atoms with Gasteiger partial charge in [-0.25, -0.2) is 9.59 Å². The van der Waals surface area contributed by atoms with Crippen molar-refractivity contribution in [2.75, 3.05) is 46.0 Å². The monoisotopic (exact) mass is 418 g/mol. The van der Waals surface area contributed by atoms with Gasteiger partial charge in [0.1, 0.15) is 5.58 Å². The van der Waals surface area contributed by atoms with Crippen molar-refractivity contribution in [3.05, 3.63) is 35.6 Å². The summed E-state index contributed by atoms with van der Waals surface area (Å²) < 4.78 is 21.3. The third-order valence-electron chi connectivity index (χ3n) is 4.82. The van der Waals surface area contributed by atoms with Crippen LogP contribution in [0.2, 0.25) is 0 Å². The second-order valence-corrected chi connectivity index (χ2v) is 6.69. The molecule has 9 nitrogen and oxygen atoms in total. The van der Waals surface area contributed by atoms with Crippen LogP contribution in [0.4, 0.5) is 4.79 Å². The minimum Gasteiger partial charge on any atom is -0.450 e. The summed E-state index contributed by atoms with van der Waals surface area (Å²) in [6.45, 7) is 5.68. The smallest absolute Gasteiger partial charge is 0.409 e. The molecule has 0 radical (unpaired) electrons. The van der Waals surface area contributed by atoms with Gasteiger partial charge in [0.25, 0.3) is 5.91 Å². The van der Waals surface area contributed by atoms with E-state index in [2.05, 4.69) is 0 Å². The number of ether oxygens (including phenoxy) is 3. The minimum absolute atomic E-state index is 0.0459. The summed E-state index contributed by atoms with van der Waals surface area (Å²) in [5.74, 6) is -0.988. The zero-order valence-electron chi connectivity index (χ0n) is 17.2. The van der Waals surface area contributed by atoms with Crippen LogP contribution in [0.3, 0.4) is 0 Å². The molecule has 2 amide bonds. The molecule has 0 unspecified atom stereocenters. The summed E-state index contributed by atoms with van der Waals surface area (Å²) in [6.07, 6.45) is -0.386. The van der Waals surface area contributed by atoms with Gasteiger partial charge in [-0.2, -0.15) is 0 Å². The maximum Gasteiger partial charge on any atom is 0.409 e. The van der Waals surface area contributed by atoms with E-state index in [4.69, 9.17) is 18.6 Å². The Labute approximate surface area is 174 Å². The molecule has 162 valence electrons. The Morgan fingerprint density at radius 3 is 2.37 bits per heavy atom. The lowest BCUT2D eigenvalue weighted by atomic mass is 10.1. The van der Waals surface area contributed by atoms with Crippen molar-refractivity contribution < 1.29 is 33.0 Å². The van der Waals surface area contributed by atoms with Crippen LogP contribution in [-0.4, -0.2) is 73.8 Å². The molecule has 0 N–H and O–H groups in total. The van der Waals surface area contributed by atoms with E-state index in [1.54, 1.807) is 22.8 Å². The Kier molecular flexibility index (Phi) is 7.29. The van der Waals surface area contributed by atoms with Crippen LogP contribution >= 0.6 is 0 Å². The number of amides is 2. The molecule has 0 spiro atoms. The summed E-state index contributed by atoms with van der Waals surface area (Å²) >= 11 is 0. The molecule has 2 heterocycles. The van der Waals surface area contributed by atoms with Crippen LogP contribution in [0.1, 0.15) is 30.0 Å². The molecule has 1 fully saturated rings. The number of hydrogen-bond donors (Lipinski definition) is 0. The Morgan fingerprint density at radius 1 is 0.967 bits per heavy atom. The highest BCUT2D eigenvalue weighted by atomic mass is 16.6. The standard InChI is InChI=1S/C21H26N2O7/c1-3-27-13-16-15-7-5-6-8-17(15)30-19(16)20(25)29-14-18(24)22-9-11-23(12-10-22)21(26)28-4-2/h5-8H,3-4,9-14H2,1-2H3. The fraction of sp³-hybridized carbons (Fsp3) is 0.476. The third kappa shape index (κ3) is 4.91. The summed E-state index contributed by atoms with van der Waals surface area (Å²) in [4.78, 5) is 39.9. The molecular formula is C21H26N2O7. The normalized spacial score (nSPS) is 14.1. The average Bonchev–Trinajstić information content (AvgIpc) is 3.14. The summed E-state index contributed by atoms with van der Waals surface area (Å²) in [5.41, 5.74) is 1.16. The Bertz CT molecular complexity index is 900. The highest BCUT2D eigenvalue weighted by Crippen LogP contribution is 2.27. The van der Waals surface area contributed by atoms with Gasteiger partial charge >= 0.3 is 12.1 Å². The lowest BCUT2D eigenvalue weighted by Gasteiger charge is -2.33. The average molecular weight is 418 g/mol. The fourth-order valence-electron chi connectivity index (χ4n) is 3.25. The van der Waals surface area contributed by atoms with Crippen LogP contribution in [0.15, 0.2) is 28.7 Å². The van der Waals surface area contributed by atoms with Gasteiger partial charge in [-0.3, -0.25) is 4.79 Å². The van der Waals surface area contributed by atoms with E-state index in [1.807, 2.05) is 25.1 Å². The highest BCUT2D eigenvalue weighted by Gasteiger charge is 2.27. The predicted molar refractivity (Wildman–Crippen MR) is 107 cm³/mol. The third-order valence-corrected chi connectivity index (χ3v) is 4.82. The van der Waals surface area contributed by atoms with E-state index in [-0.39, 0.29) is 24.4 Å². The van der Waals surface area contributed by atoms with Crippen LogP contribution in [0.5, 0.6) is 0 Å². The van der Waals surface area contributed by atoms with Crippen molar-refractivity contribution in [2.45, 2.75) is 20.5 Å². The van der Waals surface area contributed by atoms with E-state index in [1.165, 1.54) is 0 Å². The number of rotatable bonds is 7. The maximum absolute atomic E-state index is 12.6. The molecule has 0 bridgehead atoms. The van der Waals surface area contributed by atoms with Crippen molar-refractivity contribution in [2.24, 2.45) is 0 Å². The topological polar surface area (TPSA) is 98.5 Å². The van der Waals surface area contributed by atoms with Gasteiger partial charge in [-0.1, -0.05) is 18.2 Å². The van der Waals surface area contributed by atoms with Gasteiger partial charge in [-0.05, 0) is 19.9 Å². The first-order valence-electron chi connectivity index (χ1n) is 9.99. The van der Waals surface area contributed by atoms with Crippen LogP contribution in [0, 0.1) is 0 Å². The van der Waals surface area contributed by atoms with E-state index in [0.717, 1.165) is 5.39 Å². The molecule has 0 aliphatic carbocycles. The quantitative estimate of drug-likeness (QED) is 0.637. The van der Waals surface area contributed by atoms with E-state index in [0.29, 0.717) is 50.5 Å². The number of benzene rings is 1. The predicted octanol–water partition coefficient (Wildman–Crippen LogP) is 2.43. The second kappa shape index (κ2) is 10.1. The number of esters is 1. The zero-order chi connectivity index (χ0) is 21.5. The molecule has 1 aliphatic rings. The Hall–Kier alpha value is -3.07. The molecule has 1 saturated heterocycles. The number of nitrogens with zero attached hydrogens (tertiary/aromatic N) is 2. The van der Waals surface area contributed by atoms with Gasteiger partial charge < -0.3 is 28.4 Å². The van der Waals surface area contributed by atoms with Crippen LogP contribution < -0.4 is 0 Å². The molecular weight excluding hydrogens is 392 g/mol. The molecule has 0 atom stereocenters. The van der Waals surface area contributed by atoms with E-state index >= 15 is 0 Å². The molecule has 0 saturated carbocycles. The summed E-state index contributed by atoms with van der Waals surface area (Å²) in [7, 11) is 0. The lowest BCUT2D eigenvalue weighted by molar-refractivity contribution is -0.136. The van der Waals surface area contributed by atoms with Crippen molar-refractivity contribution in [3.63, 3.8) is 0 Å². The SMILES string of the molecule is CCOCc1c(C(=O)OCC(=O)N2CCN(C(=O)OCC)CC2)oc2ccccc12. The molecule has 1 aromatic carbocycles. The molecule has 9 heteroatoms. The van der Waals surface area contributed by atoms with Gasteiger partial charge in [0, 0.05) is 43.7 Å². The Morgan fingerprint density at radius 2 is 1.67 bits per heavy atom. The summed E-state index contributed by atoms with van der Waals surface area (Å²) in [6, 6.07) is 7.26. The molecule has 2 aromatic rings. The van der Waals surface area contributed by atoms with Gasteiger partial charge in [0.05, 0.1) is 13.2 Å². The van der Waals surface area contributed by atoms with E-state index < -0.39 is 12.6 Å². The summed E-state index contributed by atoms with van der Waals surface area (Å²) in [5, 5.41) is 0.777. The fourth-order valence-corrected chi connectivity index (χ4v) is 3.25. The first kappa shape index (κ1) is 21.6. The zero-order valence-corrected chi connectivity index (χ0v) is 17.2. The van der Waals surface area contributed by atoms with Gasteiger partial charge in [0.15, 0.2) is 6.61 Å². The maximum atomic E-state index is 12.6. The van der Waals surface area contributed by atoms with Gasteiger partial charge in [0.2, 0.25) is 5.76 Å². The van der Waals surface area contributed by atoms with Crippen molar-refractivity contribution in [1.82, 2.24) is 9.80 Å². The van der Waals surface area contributed by atoms with Crippen molar-refractivity contribution in [1.29, 1.82) is 0 Å². The van der Waals surface area contributed by atoms with Crippen molar-refractivity contribution in [3.8, 4) is 0 Å². The number of carbonyl (C=O) groups is 3. The first-order chi connectivity index (χ1) is 14.5. The number of hydrogen-bond acceptors (Lipinski definition) is 7.